The zero-order valence-corrected chi connectivity index (χ0v) is 15.9. The number of aromatic nitrogens is 1. The minimum atomic E-state index is -0.192. The van der Waals surface area contributed by atoms with Gasteiger partial charge >= 0.3 is 0 Å². The molecule has 1 aliphatic carbocycles. The van der Waals surface area contributed by atoms with Crippen LogP contribution >= 0.6 is 0 Å². The van der Waals surface area contributed by atoms with Gasteiger partial charge in [-0.05, 0) is 49.9 Å². The molecule has 2 atom stereocenters. The van der Waals surface area contributed by atoms with Crippen molar-refractivity contribution in [2.75, 3.05) is 13.6 Å². The molecule has 2 aliphatic heterocycles. The van der Waals surface area contributed by atoms with Gasteiger partial charge in [0, 0.05) is 39.5 Å². The lowest BCUT2D eigenvalue weighted by molar-refractivity contribution is 0.0630. The Hall–Kier alpha value is -2.67. The summed E-state index contributed by atoms with van der Waals surface area (Å²) in [5, 5.41) is 10.2. The predicted octanol–water partition coefficient (Wildman–Crippen LogP) is 2.85. The Balaban J connectivity index is 0.00000128. The molecule has 2 amide bonds. The van der Waals surface area contributed by atoms with Gasteiger partial charge in [-0.3, -0.25) is 9.59 Å². The van der Waals surface area contributed by atoms with E-state index in [9.17, 15) is 9.59 Å². The van der Waals surface area contributed by atoms with Crippen molar-refractivity contribution in [3.05, 3.63) is 52.4 Å². The average molecular weight is 384 g/mol. The second kappa shape index (κ2) is 6.74. The van der Waals surface area contributed by atoms with E-state index in [1.807, 2.05) is 24.1 Å². The van der Waals surface area contributed by atoms with E-state index in [-0.39, 0.29) is 26.8 Å². The molecule has 150 valence electrons. The molecule has 5 rings (SSSR count). The van der Waals surface area contributed by atoms with Gasteiger partial charge in [0.25, 0.3) is 11.8 Å². The number of rotatable bonds is 5. The number of amides is 2. The first-order valence-electron chi connectivity index (χ1n) is 10.00. The molecular weight excluding hydrogens is 356 g/mol. The minimum absolute atomic E-state index is 0. The summed E-state index contributed by atoms with van der Waals surface area (Å²) < 4.78 is 5.30. The lowest BCUT2D eigenvalue weighted by Gasteiger charge is -2.35. The third kappa shape index (κ3) is 2.99. The van der Waals surface area contributed by atoms with Crippen LogP contribution < -0.4 is 10.6 Å². The van der Waals surface area contributed by atoms with Crippen LogP contribution in [0.1, 0.15) is 78.2 Å². The van der Waals surface area contributed by atoms with Gasteiger partial charge in [0.1, 0.15) is 5.76 Å². The highest BCUT2D eigenvalue weighted by Crippen LogP contribution is 2.41. The average Bonchev–Trinajstić information content (AvgIpc) is 3.37. The SMILES string of the molecule is CNCc1ccc2c(c1)[C@@H]1C[C@H](NC(=O)c3cc(C4CC4)on3)CCN1C2=O.[HH].[HH]. The van der Waals surface area contributed by atoms with Gasteiger partial charge in [-0.25, -0.2) is 0 Å². The smallest absolute Gasteiger partial charge is 0.273 e. The van der Waals surface area contributed by atoms with E-state index in [0.717, 1.165) is 54.7 Å². The molecule has 1 aromatic carbocycles. The lowest BCUT2D eigenvalue weighted by Crippen LogP contribution is -2.45. The summed E-state index contributed by atoms with van der Waals surface area (Å²) in [6.07, 6.45) is 3.69. The monoisotopic (exact) mass is 384 g/mol. The minimum Gasteiger partial charge on any atom is -0.360 e. The molecule has 7 heteroatoms. The summed E-state index contributed by atoms with van der Waals surface area (Å²) in [6, 6.07) is 7.87. The largest absolute Gasteiger partial charge is 0.360 e. The number of nitrogens with zero attached hydrogens (tertiary/aromatic N) is 2. The highest BCUT2D eigenvalue weighted by atomic mass is 16.5. The molecule has 0 spiro atoms. The molecule has 1 saturated heterocycles. The first kappa shape index (κ1) is 17.4. The summed E-state index contributed by atoms with van der Waals surface area (Å²) in [4.78, 5) is 27.3. The van der Waals surface area contributed by atoms with E-state index in [0.29, 0.717) is 18.2 Å². The summed E-state index contributed by atoms with van der Waals surface area (Å²) >= 11 is 0. The third-order valence-corrected chi connectivity index (χ3v) is 6.03. The van der Waals surface area contributed by atoms with Crippen LogP contribution in [0.5, 0.6) is 0 Å². The number of fused-ring (bicyclic) bond motifs is 3. The van der Waals surface area contributed by atoms with Crippen LogP contribution in [0, 0.1) is 0 Å². The Morgan fingerprint density at radius 3 is 2.96 bits per heavy atom. The summed E-state index contributed by atoms with van der Waals surface area (Å²) in [5.74, 6) is 1.16. The predicted molar refractivity (Wildman–Crippen MR) is 106 cm³/mol. The molecular formula is C21H28N4O3. The van der Waals surface area contributed by atoms with Gasteiger partial charge in [0.2, 0.25) is 0 Å². The van der Waals surface area contributed by atoms with Gasteiger partial charge in [-0.2, -0.15) is 0 Å². The second-order valence-corrected chi connectivity index (χ2v) is 8.05. The maximum atomic E-state index is 12.7. The zero-order valence-electron chi connectivity index (χ0n) is 15.9. The molecule has 2 aromatic rings. The molecule has 7 nitrogen and oxygen atoms in total. The maximum absolute atomic E-state index is 12.7. The van der Waals surface area contributed by atoms with Crippen molar-refractivity contribution < 1.29 is 17.0 Å². The van der Waals surface area contributed by atoms with Gasteiger partial charge in [0.15, 0.2) is 5.69 Å². The van der Waals surface area contributed by atoms with Gasteiger partial charge in [-0.1, -0.05) is 17.3 Å². The Labute approximate surface area is 166 Å². The van der Waals surface area contributed by atoms with E-state index < -0.39 is 0 Å². The van der Waals surface area contributed by atoms with E-state index in [4.69, 9.17) is 4.52 Å². The maximum Gasteiger partial charge on any atom is 0.273 e. The number of carbonyl (C=O) groups is 2. The molecule has 0 bridgehead atoms. The Morgan fingerprint density at radius 1 is 1.32 bits per heavy atom. The van der Waals surface area contributed by atoms with E-state index in [1.54, 1.807) is 6.07 Å². The van der Waals surface area contributed by atoms with Crippen LogP contribution in [0.3, 0.4) is 0 Å². The van der Waals surface area contributed by atoms with E-state index >= 15 is 0 Å². The van der Waals surface area contributed by atoms with Crippen molar-refractivity contribution in [1.82, 2.24) is 20.7 Å². The first-order chi connectivity index (χ1) is 13.6. The number of hydrogen-bond donors (Lipinski definition) is 2. The van der Waals surface area contributed by atoms with E-state index in [2.05, 4.69) is 21.9 Å². The Morgan fingerprint density at radius 2 is 2.18 bits per heavy atom. The third-order valence-electron chi connectivity index (χ3n) is 6.03. The molecule has 2 N–H and O–H groups in total. The fraction of sp³-hybridized carbons (Fsp3) is 0.476. The topological polar surface area (TPSA) is 87.5 Å². The quantitative estimate of drug-likeness (QED) is 0.828. The van der Waals surface area contributed by atoms with Crippen molar-refractivity contribution in [1.29, 1.82) is 0 Å². The molecule has 0 radical (unpaired) electrons. The molecule has 0 unspecified atom stereocenters. The molecule has 1 aromatic heterocycles. The lowest BCUT2D eigenvalue weighted by atomic mass is 9.92. The van der Waals surface area contributed by atoms with Crippen LogP contribution in [0.2, 0.25) is 0 Å². The zero-order chi connectivity index (χ0) is 19.3. The first-order valence-corrected chi connectivity index (χ1v) is 10.00. The van der Waals surface area contributed by atoms with Crippen LogP contribution in [0.25, 0.3) is 0 Å². The van der Waals surface area contributed by atoms with Crippen molar-refractivity contribution in [3.8, 4) is 0 Å². The summed E-state index contributed by atoms with van der Waals surface area (Å²) in [5.41, 5.74) is 3.39. The fourth-order valence-corrected chi connectivity index (χ4v) is 4.40. The molecule has 28 heavy (non-hydrogen) atoms. The highest BCUT2D eigenvalue weighted by Gasteiger charge is 2.41. The number of nitrogens with one attached hydrogen (secondary N) is 2. The Kier molecular flexibility index (Phi) is 4.19. The normalized spacial score (nSPS) is 23.5. The molecule has 3 heterocycles. The van der Waals surface area contributed by atoms with Crippen molar-refractivity contribution in [3.63, 3.8) is 0 Å². The standard InChI is InChI=1S/C21H24N4O3.2H2/c1-22-11-12-2-5-15-16(8-12)18-9-14(6-7-25(18)21(15)27)23-20(26)17-10-19(28-24-17)13-3-4-13;;/h2,5,8,10,13-14,18,22H,3-4,6-7,9,11H2,1H3,(H,23,26);2*1H/t14-,18+;;/m1../s1. The summed E-state index contributed by atoms with van der Waals surface area (Å²) in [6.45, 7) is 1.42. The number of carbonyl (C=O) groups excluding carboxylic acids is 2. The van der Waals surface area contributed by atoms with Crippen LogP contribution in [-0.2, 0) is 6.54 Å². The second-order valence-electron chi connectivity index (χ2n) is 8.05. The Bertz CT molecular complexity index is 944. The number of piperidine rings is 1. The van der Waals surface area contributed by atoms with E-state index in [1.165, 1.54) is 0 Å². The van der Waals surface area contributed by atoms with Crippen molar-refractivity contribution in [2.45, 2.75) is 50.2 Å². The molecule has 3 aliphatic rings. The number of hydrogen-bond acceptors (Lipinski definition) is 5. The van der Waals surface area contributed by atoms with Gasteiger partial charge in [-0.15, -0.1) is 0 Å². The van der Waals surface area contributed by atoms with Gasteiger partial charge in [0.05, 0.1) is 6.04 Å². The molecule has 2 fully saturated rings. The van der Waals surface area contributed by atoms with Crippen molar-refractivity contribution in [2.24, 2.45) is 0 Å². The summed E-state index contributed by atoms with van der Waals surface area (Å²) in [7, 11) is 1.91. The fourth-order valence-electron chi connectivity index (χ4n) is 4.40. The van der Waals surface area contributed by atoms with Crippen LogP contribution in [0.4, 0.5) is 0 Å². The number of benzene rings is 1. The van der Waals surface area contributed by atoms with Gasteiger partial charge < -0.3 is 20.1 Å². The van der Waals surface area contributed by atoms with Crippen molar-refractivity contribution >= 4 is 11.8 Å². The highest BCUT2D eigenvalue weighted by molar-refractivity contribution is 5.99. The van der Waals surface area contributed by atoms with Crippen LogP contribution in [0.15, 0.2) is 28.8 Å². The van der Waals surface area contributed by atoms with Crippen LogP contribution in [-0.4, -0.2) is 41.5 Å². The molecule has 1 saturated carbocycles.